The third kappa shape index (κ3) is 6.77. The van der Waals surface area contributed by atoms with Crippen molar-refractivity contribution in [1.82, 2.24) is 10.2 Å². The van der Waals surface area contributed by atoms with E-state index < -0.39 is 34.3 Å². The summed E-state index contributed by atoms with van der Waals surface area (Å²) in [6.45, 7) is 7.08. The molecule has 3 rings (SSSR count). The average Bonchev–Trinajstić information content (AvgIpc) is 2.89. The van der Waals surface area contributed by atoms with E-state index in [1.807, 2.05) is 6.92 Å². The molecule has 202 valence electrons. The van der Waals surface area contributed by atoms with Crippen molar-refractivity contribution in [2.45, 2.75) is 51.6 Å². The molecule has 38 heavy (non-hydrogen) atoms. The first-order valence-electron chi connectivity index (χ1n) is 12.5. The number of sulfonamides is 1. The maximum Gasteiger partial charge on any atom is 0.264 e. The molecule has 1 atom stereocenters. The number of halogens is 1. The first kappa shape index (κ1) is 28.8. The average molecular weight is 540 g/mol. The summed E-state index contributed by atoms with van der Waals surface area (Å²) in [5.74, 6) is -1.31. The van der Waals surface area contributed by atoms with Crippen molar-refractivity contribution in [3.05, 3.63) is 95.3 Å². The lowest BCUT2D eigenvalue weighted by atomic mass is 10.1. The van der Waals surface area contributed by atoms with Gasteiger partial charge in [0.15, 0.2) is 0 Å². The molecular weight excluding hydrogens is 505 g/mol. The van der Waals surface area contributed by atoms with E-state index in [0.717, 1.165) is 9.87 Å². The van der Waals surface area contributed by atoms with Gasteiger partial charge in [-0.25, -0.2) is 12.8 Å². The summed E-state index contributed by atoms with van der Waals surface area (Å²) >= 11 is 0. The lowest BCUT2D eigenvalue weighted by Crippen LogP contribution is -2.52. The number of likely N-dealkylation sites (N-methyl/N-ethyl adjacent to an activating group) is 1. The Balaban J connectivity index is 2.06. The summed E-state index contributed by atoms with van der Waals surface area (Å²) in [7, 11) is -4.13. The highest BCUT2D eigenvalue weighted by atomic mass is 32.2. The molecule has 1 N–H and O–H groups in total. The number of aryl methyl sites for hydroxylation is 2. The van der Waals surface area contributed by atoms with Crippen molar-refractivity contribution in [3.63, 3.8) is 0 Å². The predicted octanol–water partition coefficient (Wildman–Crippen LogP) is 4.58. The van der Waals surface area contributed by atoms with Crippen LogP contribution in [0.3, 0.4) is 0 Å². The minimum Gasteiger partial charge on any atom is -0.355 e. The van der Waals surface area contributed by atoms with E-state index in [-0.39, 0.29) is 17.3 Å². The Morgan fingerprint density at radius 3 is 2.13 bits per heavy atom. The monoisotopic (exact) mass is 539 g/mol. The lowest BCUT2D eigenvalue weighted by molar-refractivity contribution is -0.140. The Bertz CT molecular complexity index is 1360. The Kier molecular flexibility index (Phi) is 9.63. The third-order valence-electron chi connectivity index (χ3n) is 6.28. The van der Waals surface area contributed by atoms with Gasteiger partial charge in [-0.1, -0.05) is 55.0 Å². The number of hydrogen-bond acceptors (Lipinski definition) is 4. The van der Waals surface area contributed by atoms with Crippen LogP contribution in [-0.4, -0.2) is 44.3 Å². The standard InChI is InChI=1S/C29H34FN3O4S/c1-5-26(29(35)31-6-2)32(19-23-13-15-24(30)16-14-23)28(34)20-33(27-10-8-7-9-22(27)4)38(36,37)25-17-11-21(3)12-18-25/h7-18,26H,5-6,19-20H2,1-4H3,(H,31,35)/t26-/m0/s1. The summed E-state index contributed by atoms with van der Waals surface area (Å²) in [4.78, 5) is 28.3. The zero-order chi connectivity index (χ0) is 27.9. The van der Waals surface area contributed by atoms with Crippen LogP contribution in [0.25, 0.3) is 0 Å². The van der Waals surface area contributed by atoms with Crippen molar-refractivity contribution in [2.24, 2.45) is 0 Å². The Hall–Kier alpha value is -3.72. The topological polar surface area (TPSA) is 86.8 Å². The van der Waals surface area contributed by atoms with Crippen molar-refractivity contribution in [3.8, 4) is 0 Å². The van der Waals surface area contributed by atoms with Crippen LogP contribution in [0.4, 0.5) is 10.1 Å². The molecule has 2 amide bonds. The van der Waals surface area contributed by atoms with Crippen LogP contribution in [0, 0.1) is 19.7 Å². The smallest absolute Gasteiger partial charge is 0.264 e. The first-order chi connectivity index (χ1) is 18.1. The van der Waals surface area contributed by atoms with Crippen LogP contribution in [0.15, 0.2) is 77.7 Å². The molecule has 3 aromatic carbocycles. The van der Waals surface area contributed by atoms with Gasteiger partial charge in [0.25, 0.3) is 10.0 Å². The molecule has 0 spiro atoms. The summed E-state index contributed by atoms with van der Waals surface area (Å²) < 4.78 is 42.3. The number of amides is 2. The molecule has 0 saturated carbocycles. The van der Waals surface area contributed by atoms with E-state index in [1.165, 1.54) is 29.2 Å². The second kappa shape index (κ2) is 12.7. The van der Waals surface area contributed by atoms with Gasteiger partial charge in [0.2, 0.25) is 11.8 Å². The quantitative estimate of drug-likeness (QED) is 0.387. The van der Waals surface area contributed by atoms with E-state index >= 15 is 0 Å². The molecule has 0 saturated heterocycles. The highest BCUT2D eigenvalue weighted by Gasteiger charge is 2.34. The number of carbonyl (C=O) groups is 2. The molecule has 9 heteroatoms. The molecular formula is C29H34FN3O4S. The van der Waals surface area contributed by atoms with Crippen LogP contribution in [-0.2, 0) is 26.2 Å². The van der Waals surface area contributed by atoms with Crippen LogP contribution in [0.2, 0.25) is 0 Å². The van der Waals surface area contributed by atoms with Crippen LogP contribution >= 0.6 is 0 Å². The molecule has 0 bridgehead atoms. The van der Waals surface area contributed by atoms with E-state index in [1.54, 1.807) is 69.3 Å². The minimum absolute atomic E-state index is 0.0148. The molecule has 3 aromatic rings. The van der Waals surface area contributed by atoms with Crippen molar-refractivity contribution < 1.29 is 22.4 Å². The number of anilines is 1. The fourth-order valence-electron chi connectivity index (χ4n) is 4.19. The summed E-state index contributed by atoms with van der Waals surface area (Å²) in [6, 6.07) is 18.2. The highest BCUT2D eigenvalue weighted by molar-refractivity contribution is 7.92. The fraction of sp³-hybridized carbons (Fsp3) is 0.310. The van der Waals surface area contributed by atoms with E-state index in [2.05, 4.69) is 5.32 Å². The van der Waals surface area contributed by atoms with Gasteiger partial charge >= 0.3 is 0 Å². The van der Waals surface area contributed by atoms with E-state index in [4.69, 9.17) is 0 Å². The lowest BCUT2D eigenvalue weighted by Gasteiger charge is -2.33. The largest absolute Gasteiger partial charge is 0.355 e. The Labute approximate surface area is 224 Å². The highest BCUT2D eigenvalue weighted by Crippen LogP contribution is 2.27. The zero-order valence-corrected chi connectivity index (χ0v) is 23.0. The van der Waals surface area contributed by atoms with Gasteiger partial charge in [-0.05, 0) is 68.7 Å². The van der Waals surface area contributed by atoms with Crippen molar-refractivity contribution in [1.29, 1.82) is 0 Å². The van der Waals surface area contributed by atoms with Crippen LogP contribution in [0.1, 0.15) is 37.0 Å². The summed E-state index contributed by atoms with van der Waals surface area (Å²) in [6.07, 6.45) is 0.313. The van der Waals surface area contributed by atoms with Gasteiger partial charge in [0, 0.05) is 13.1 Å². The van der Waals surface area contributed by atoms with Gasteiger partial charge in [-0.2, -0.15) is 0 Å². The van der Waals surface area contributed by atoms with Crippen molar-refractivity contribution >= 4 is 27.5 Å². The predicted molar refractivity (Wildman–Crippen MR) is 147 cm³/mol. The molecule has 0 aliphatic heterocycles. The van der Waals surface area contributed by atoms with Crippen molar-refractivity contribution in [2.75, 3.05) is 17.4 Å². The molecule has 0 radical (unpaired) electrons. The van der Waals surface area contributed by atoms with Gasteiger partial charge in [0.05, 0.1) is 10.6 Å². The molecule has 0 aromatic heterocycles. The molecule has 0 heterocycles. The number of carbonyl (C=O) groups excluding carboxylic acids is 2. The number of hydrogen-bond donors (Lipinski definition) is 1. The first-order valence-corrected chi connectivity index (χ1v) is 14.0. The maximum absolute atomic E-state index is 13.9. The molecule has 0 unspecified atom stereocenters. The maximum atomic E-state index is 13.9. The summed E-state index contributed by atoms with van der Waals surface area (Å²) in [5.41, 5.74) is 2.57. The number of benzene rings is 3. The third-order valence-corrected chi connectivity index (χ3v) is 8.05. The normalized spacial score (nSPS) is 12.0. The van der Waals surface area contributed by atoms with Crippen LogP contribution in [0.5, 0.6) is 0 Å². The second-order valence-corrected chi connectivity index (χ2v) is 10.9. The molecule has 0 aliphatic rings. The molecule has 0 aliphatic carbocycles. The molecule has 7 nitrogen and oxygen atoms in total. The number of nitrogens with zero attached hydrogens (tertiary/aromatic N) is 2. The number of nitrogens with one attached hydrogen (secondary N) is 1. The summed E-state index contributed by atoms with van der Waals surface area (Å²) in [5, 5.41) is 2.76. The second-order valence-electron chi connectivity index (χ2n) is 9.08. The Morgan fingerprint density at radius 2 is 1.55 bits per heavy atom. The fourth-order valence-corrected chi connectivity index (χ4v) is 5.67. The zero-order valence-electron chi connectivity index (χ0n) is 22.1. The van der Waals surface area contributed by atoms with Gasteiger partial charge < -0.3 is 10.2 Å². The Morgan fingerprint density at radius 1 is 0.921 bits per heavy atom. The van der Waals surface area contributed by atoms with E-state index in [0.29, 0.717) is 29.8 Å². The number of rotatable bonds is 11. The SMILES string of the molecule is CCNC(=O)[C@H](CC)N(Cc1ccc(F)cc1)C(=O)CN(c1ccccc1C)S(=O)(=O)c1ccc(C)cc1. The van der Waals surface area contributed by atoms with Crippen LogP contribution < -0.4 is 9.62 Å². The van der Waals surface area contributed by atoms with E-state index in [9.17, 15) is 22.4 Å². The minimum atomic E-state index is -4.13. The van der Waals surface area contributed by atoms with Gasteiger partial charge in [0.1, 0.15) is 18.4 Å². The number of para-hydroxylation sites is 1. The molecule has 0 fully saturated rings. The van der Waals surface area contributed by atoms with Gasteiger partial charge in [-0.3, -0.25) is 13.9 Å². The van der Waals surface area contributed by atoms with Gasteiger partial charge in [-0.15, -0.1) is 0 Å².